The molecule has 0 saturated heterocycles. The highest BCUT2D eigenvalue weighted by atomic mass is 19.1. The molecule has 0 spiro atoms. The van der Waals surface area contributed by atoms with Gasteiger partial charge in [-0.25, -0.2) is 8.78 Å². The second-order valence-corrected chi connectivity index (χ2v) is 4.24. The topological polar surface area (TPSA) is 17.0 Å². The van der Waals surface area contributed by atoms with Gasteiger partial charge in [0, 0.05) is 31.5 Å². The van der Waals surface area contributed by atoms with Crippen LogP contribution in [0.2, 0.25) is 0 Å². The summed E-state index contributed by atoms with van der Waals surface area (Å²) in [5.41, 5.74) is 1.40. The summed E-state index contributed by atoms with van der Waals surface area (Å²) < 4.78 is 28.2. The minimum atomic E-state index is -0.567. The highest BCUT2D eigenvalue weighted by Crippen LogP contribution is 2.16. The first-order chi connectivity index (χ1) is 8.69. The number of halogens is 2. The number of nitrogens with zero attached hydrogens (tertiary/aromatic N) is 1. The van der Waals surface area contributed by atoms with Crippen molar-refractivity contribution in [2.24, 2.45) is 0 Å². The Kier molecular flexibility index (Phi) is 3.97. The number of aryl methyl sites for hydroxylation is 1. The Hall–Kier alpha value is -1.84. The van der Waals surface area contributed by atoms with Crippen LogP contribution >= 0.6 is 0 Å². The van der Waals surface area contributed by atoms with Crippen LogP contribution in [-0.4, -0.2) is 4.57 Å². The molecule has 0 radical (unpaired) electrons. The predicted molar refractivity (Wildman–Crippen MR) is 68.4 cm³/mol. The maximum atomic E-state index is 13.4. The average Bonchev–Trinajstić information content (AvgIpc) is 2.76. The summed E-state index contributed by atoms with van der Waals surface area (Å²) in [7, 11) is 0. The van der Waals surface area contributed by atoms with Gasteiger partial charge in [-0.2, -0.15) is 0 Å². The van der Waals surface area contributed by atoms with Crippen LogP contribution in [-0.2, 0) is 13.1 Å². The Balaban J connectivity index is 1.97. The van der Waals surface area contributed by atoms with E-state index in [9.17, 15) is 8.78 Å². The van der Waals surface area contributed by atoms with E-state index in [1.165, 1.54) is 12.1 Å². The Morgan fingerprint density at radius 3 is 2.78 bits per heavy atom. The summed E-state index contributed by atoms with van der Waals surface area (Å²) in [5, 5.41) is 2.96. The van der Waals surface area contributed by atoms with Crippen molar-refractivity contribution in [1.82, 2.24) is 4.57 Å². The number of anilines is 1. The number of benzene rings is 1. The molecule has 0 amide bonds. The highest BCUT2D eigenvalue weighted by Gasteiger charge is 2.03. The molecule has 0 atom stereocenters. The minimum absolute atomic E-state index is 0.319. The Morgan fingerprint density at radius 2 is 2.06 bits per heavy atom. The third-order valence-corrected chi connectivity index (χ3v) is 2.71. The lowest BCUT2D eigenvalue weighted by molar-refractivity contribution is 0.585. The van der Waals surface area contributed by atoms with Gasteiger partial charge < -0.3 is 9.88 Å². The van der Waals surface area contributed by atoms with Crippen molar-refractivity contribution in [2.75, 3.05) is 5.32 Å². The molecule has 0 bridgehead atoms. The summed E-state index contributed by atoms with van der Waals surface area (Å²) in [6, 6.07) is 5.52. The van der Waals surface area contributed by atoms with Crippen LogP contribution in [0.3, 0.4) is 0 Å². The van der Waals surface area contributed by atoms with Gasteiger partial charge in [0.15, 0.2) is 0 Å². The summed E-state index contributed by atoms with van der Waals surface area (Å²) in [6.45, 7) is 3.62. The van der Waals surface area contributed by atoms with Gasteiger partial charge in [-0.3, -0.25) is 0 Å². The molecule has 2 rings (SSSR count). The van der Waals surface area contributed by atoms with Gasteiger partial charge in [-0.1, -0.05) is 6.92 Å². The molecule has 2 nitrogen and oxygen atoms in total. The lowest BCUT2D eigenvalue weighted by Crippen LogP contribution is -2.01. The first-order valence-electron chi connectivity index (χ1n) is 6.02. The molecule has 1 N–H and O–H groups in total. The minimum Gasteiger partial charge on any atom is -0.379 e. The van der Waals surface area contributed by atoms with Gasteiger partial charge in [0.25, 0.3) is 0 Å². The zero-order valence-corrected chi connectivity index (χ0v) is 10.3. The van der Waals surface area contributed by atoms with E-state index in [0.717, 1.165) is 24.6 Å². The van der Waals surface area contributed by atoms with Gasteiger partial charge >= 0.3 is 0 Å². The van der Waals surface area contributed by atoms with Crippen molar-refractivity contribution in [3.8, 4) is 0 Å². The lowest BCUT2D eigenvalue weighted by atomic mass is 10.2. The fourth-order valence-corrected chi connectivity index (χ4v) is 1.82. The number of rotatable bonds is 5. The third kappa shape index (κ3) is 3.09. The van der Waals surface area contributed by atoms with Crippen LogP contribution < -0.4 is 5.32 Å². The number of hydrogen-bond donors (Lipinski definition) is 1. The van der Waals surface area contributed by atoms with Crippen LogP contribution in [0.15, 0.2) is 36.7 Å². The summed E-state index contributed by atoms with van der Waals surface area (Å²) in [4.78, 5) is 0. The quantitative estimate of drug-likeness (QED) is 0.854. The Morgan fingerprint density at radius 1 is 1.22 bits per heavy atom. The molecule has 96 valence electrons. The van der Waals surface area contributed by atoms with E-state index in [-0.39, 0.29) is 0 Å². The molecule has 1 aromatic carbocycles. The fraction of sp³-hybridized carbons (Fsp3) is 0.286. The lowest BCUT2D eigenvalue weighted by Gasteiger charge is -2.06. The highest BCUT2D eigenvalue weighted by molar-refractivity contribution is 5.45. The summed E-state index contributed by atoms with van der Waals surface area (Å²) in [5.74, 6) is -1.13. The van der Waals surface area contributed by atoms with Crippen LogP contribution in [0.4, 0.5) is 14.5 Å². The van der Waals surface area contributed by atoms with Gasteiger partial charge in [0.2, 0.25) is 0 Å². The molecule has 0 aliphatic carbocycles. The van der Waals surface area contributed by atoms with Gasteiger partial charge in [-0.05, 0) is 30.2 Å². The molecular formula is C14H16F2N2. The van der Waals surface area contributed by atoms with E-state index in [1.807, 2.05) is 18.5 Å². The van der Waals surface area contributed by atoms with Crippen molar-refractivity contribution in [3.05, 3.63) is 53.9 Å². The largest absolute Gasteiger partial charge is 0.379 e. The second-order valence-electron chi connectivity index (χ2n) is 4.24. The zero-order chi connectivity index (χ0) is 13.0. The average molecular weight is 250 g/mol. The first kappa shape index (κ1) is 12.6. The molecule has 0 aliphatic heterocycles. The van der Waals surface area contributed by atoms with E-state index < -0.39 is 11.6 Å². The molecule has 18 heavy (non-hydrogen) atoms. The molecule has 4 heteroatoms. The zero-order valence-electron chi connectivity index (χ0n) is 10.3. The second kappa shape index (κ2) is 5.67. The van der Waals surface area contributed by atoms with E-state index in [0.29, 0.717) is 12.2 Å². The molecule has 0 aliphatic rings. The van der Waals surface area contributed by atoms with Crippen molar-refractivity contribution < 1.29 is 8.78 Å². The molecule has 0 unspecified atom stereocenters. The van der Waals surface area contributed by atoms with E-state index in [4.69, 9.17) is 0 Å². The van der Waals surface area contributed by atoms with E-state index >= 15 is 0 Å². The number of hydrogen-bond acceptors (Lipinski definition) is 1. The van der Waals surface area contributed by atoms with Crippen molar-refractivity contribution in [2.45, 2.75) is 26.4 Å². The molecule has 0 fully saturated rings. The van der Waals surface area contributed by atoms with E-state index in [2.05, 4.69) is 16.8 Å². The first-order valence-corrected chi connectivity index (χ1v) is 6.02. The SMILES string of the molecule is CCCn1ccc(CNc2ccc(F)cc2F)c1. The Labute approximate surface area is 105 Å². The van der Waals surface area contributed by atoms with Crippen LogP contribution in [0.1, 0.15) is 18.9 Å². The van der Waals surface area contributed by atoms with Gasteiger partial charge in [-0.15, -0.1) is 0 Å². The number of nitrogens with one attached hydrogen (secondary N) is 1. The maximum Gasteiger partial charge on any atom is 0.149 e. The third-order valence-electron chi connectivity index (χ3n) is 2.71. The summed E-state index contributed by atoms with van der Waals surface area (Å²) >= 11 is 0. The molecule has 1 heterocycles. The van der Waals surface area contributed by atoms with Crippen molar-refractivity contribution >= 4 is 5.69 Å². The van der Waals surface area contributed by atoms with E-state index in [1.54, 1.807) is 0 Å². The summed E-state index contributed by atoms with van der Waals surface area (Å²) in [6.07, 6.45) is 5.10. The Bertz CT molecular complexity index is 520. The molecule has 1 aromatic heterocycles. The maximum absolute atomic E-state index is 13.4. The monoisotopic (exact) mass is 250 g/mol. The van der Waals surface area contributed by atoms with Crippen molar-refractivity contribution in [3.63, 3.8) is 0 Å². The van der Waals surface area contributed by atoms with Gasteiger partial charge in [0.05, 0.1) is 5.69 Å². The number of aromatic nitrogens is 1. The fourth-order valence-electron chi connectivity index (χ4n) is 1.82. The van der Waals surface area contributed by atoms with Crippen molar-refractivity contribution in [1.29, 1.82) is 0 Å². The van der Waals surface area contributed by atoms with Crippen LogP contribution in [0, 0.1) is 11.6 Å². The standard InChI is InChI=1S/C14H16F2N2/c1-2-6-18-7-5-11(10-18)9-17-14-4-3-12(15)8-13(14)16/h3-5,7-8,10,17H,2,6,9H2,1H3. The van der Waals surface area contributed by atoms with Gasteiger partial charge in [0.1, 0.15) is 11.6 Å². The predicted octanol–water partition coefficient (Wildman–Crippen LogP) is 3.79. The normalized spacial score (nSPS) is 10.6. The smallest absolute Gasteiger partial charge is 0.149 e. The molecule has 0 saturated carbocycles. The molecular weight excluding hydrogens is 234 g/mol. The van der Waals surface area contributed by atoms with Crippen LogP contribution in [0.25, 0.3) is 0 Å². The van der Waals surface area contributed by atoms with Crippen LogP contribution in [0.5, 0.6) is 0 Å². The molecule has 2 aromatic rings.